The van der Waals surface area contributed by atoms with E-state index in [2.05, 4.69) is 17.4 Å². The van der Waals surface area contributed by atoms with Crippen molar-refractivity contribution in [2.45, 2.75) is 6.54 Å². The van der Waals surface area contributed by atoms with Crippen molar-refractivity contribution in [2.75, 3.05) is 6.67 Å². The summed E-state index contributed by atoms with van der Waals surface area (Å²) in [5.41, 5.74) is 6.54. The van der Waals surface area contributed by atoms with Crippen molar-refractivity contribution < 1.29 is 0 Å². The Morgan fingerprint density at radius 2 is 1.90 bits per heavy atom. The van der Waals surface area contributed by atoms with E-state index in [1.165, 1.54) is 5.56 Å². The fraction of sp³-hybridized carbons (Fsp3) is 0.250. The highest BCUT2D eigenvalue weighted by molar-refractivity contribution is 5.14. The van der Waals surface area contributed by atoms with Crippen LogP contribution in [-0.4, -0.2) is 6.67 Å². The maximum atomic E-state index is 5.27. The largest absolute Gasteiger partial charge is 0.318 e. The van der Waals surface area contributed by atoms with Crippen molar-refractivity contribution in [1.29, 1.82) is 0 Å². The first kappa shape index (κ1) is 7.25. The lowest BCUT2D eigenvalue weighted by atomic mass is 10.2. The summed E-state index contributed by atoms with van der Waals surface area (Å²) >= 11 is 0. The van der Waals surface area contributed by atoms with E-state index in [0.29, 0.717) is 6.67 Å². The molecule has 2 nitrogen and oxygen atoms in total. The second-order valence-corrected chi connectivity index (χ2v) is 2.12. The average Bonchev–Trinajstić information content (AvgIpc) is 2.03. The quantitative estimate of drug-likeness (QED) is 0.600. The molecule has 0 aliphatic heterocycles. The van der Waals surface area contributed by atoms with E-state index in [-0.39, 0.29) is 0 Å². The van der Waals surface area contributed by atoms with Gasteiger partial charge in [0.05, 0.1) is 0 Å². The molecule has 54 valence electrons. The molecule has 0 saturated heterocycles. The molecule has 1 rings (SSSR count). The molecule has 0 aliphatic carbocycles. The van der Waals surface area contributed by atoms with Crippen molar-refractivity contribution in [3.63, 3.8) is 0 Å². The van der Waals surface area contributed by atoms with Gasteiger partial charge in [-0.15, -0.1) is 0 Å². The number of hydrogen-bond donors (Lipinski definition) is 2. The highest BCUT2D eigenvalue weighted by atomic mass is 14.9. The van der Waals surface area contributed by atoms with Crippen LogP contribution in [-0.2, 0) is 6.54 Å². The molecule has 0 amide bonds. The first-order valence-corrected chi connectivity index (χ1v) is 3.38. The molecule has 0 atom stereocenters. The molecule has 0 spiro atoms. The lowest BCUT2D eigenvalue weighted by molar-refractivity contribution is 0.709. The Morgan fingerprint density at radius 1 is 1.20 bits per heavy atom. The molecule has 0 bridgehead atoms. The highest BCUT2D eigenvalue weighted by Gasteiger charge is 1.85. The third-order valence-electron chi connectivity index (χ3n) is 1.32. The normalized spacial score (nSPS) is 9.70. The van der Waals surface area contributed by atoms with Gasteiger partial charge in [0.1, 0.15) is 0 Å². The maximum Gasteiger partial charge on any atom is 0.0431 e. The molecule has 3 N–H and O–H groups in total. The van der Waals surface area contributed by atoms with Crippen LogP contribution in [0.4, 0.5) is 0 Å². The summed E-state index contributed by atoms with van der Waals surface area (Å²) in [5.74, 6) is 0. The minimum absolute atomic E-state index is 0.537. The summed E-state index contributed by atoms with van der Waals surface area (Å²) in [7, 11) is 0. The molecular weight excluding hydrogens is 124 g/mol. The molecule has 0 radical (unpaired) electrons. The minimum atomic E-state index is 0.537. The maximum absolute atomic E-state index is 5.27. The number of nitrogens with one attached hydrogen (secondary N) is 1. The summed E-state index contributed by atoms with van der Waals surface area (Å²) in [5, 5.41) is 3.04. The molecule has 0 heterocycles. The van der Waals surface area contributed by atoms with E-state index < -0.39 is 0 Å². The van der Waals surface area contributed by atoms with Gasteiger partial charge in [-0.1, -0.05) is 30.3 Å². The molecule has 1 aromatic carbocycles. The molecule has 0 fully saturated rings. The number of nitrogens with two attached hydrogens (primary N) is 1. The summed E-state index contributed by atoms with van der Waals surface area (Å²) in [6.45, 7) is 1.40. The van der Waals surface area contributed by atoms with E-state index in [9.17, 15) is 0 Å². The zero-order chi connectivity index (χ0) is 7.23. The predicted octanol–water partition coefficient (Wildman–Crippen LogP) is 0.692. The van der Waals surface area contributed by atoms with Gasteiger partial charge in [0.25, 0.3) is 0 Å². The first-order valence-electron chi connectivity index (χ1n) is 3.38. The van der Waals surface area contributed by atoms with Crippen LogP contribution >= 0.6 is 0 Å². The van der Waals surface area contributed by atoms with Crippen molar-refractivity contribution in [3.8, 4) is 0 Å². The Bertz CT molecular complexity index is 172. The summed E-state index contributed by atoms with van der Waals surface area (Å²) in [6.07, 6.45) is 0. The van der Waals surface area contributed by atoms with Gasteiger partial charge in [-0.2, -0.15) is 0 Å². The molecular formula is C8H12N2. The van der Waals surface area contributed by atoms with Gasteiger partial charge < -0.3 is 11.1 Å². The van der Waals surface area contributed by atoms with Gasteiger partial charge in [0.15, 0.2) is 0 Å². The molecule has 10 heavy (non-hydrogen) atoms. The number of hydrogen-bond acceptors (Lipinski definition) is 2. The topological polar surface area (TPSA) is 38.0 Å². The second-order valence-electron chi connectivity index (χ2n) is 2.12. The lowest BCUT2D eigenvalue weighted by Gasteiger charge is -1.99. The van der Waals surface area contributed by atoms with Crippen LogP contribution in [0.2, 0.25) is 0 Å². The van der Waals surface area contributed by atoms with Crippen LogP contribution in [0.15, 0.2) is 30.3 Å². The standard InChI is InChI=1S/C8H12N2/c9-7-10-6-8-4-2-1-3-5-8/h1-5,10H,6-7,9H2. The third-order valence-corrected chi connectivity index (χ3v) is 1.32. The lowest BCUT2D eigenvalue weighted by Crippen LogP contribution is -2.21. The van der Waals surface area contributed by atoms with Gasteiger partial charge in [-0.05, 0) is 5.56 Å². The molecule has 0 aromatic heterocycles. The van der Waals surface area contributed by atoms with Gasteiger partial charge in [-0.3, -0.25) is 0 Å². The van der Waals surface area contributed by atoms with E-state index in [4.69, 9.17) is 5.73 Å². The first-order chi connectivity index (χ1) is 4.93. The van der Waals surface area contributed by atoms with Gasteiger partial charge in [0, 0.05) is 13.2 Å². The van der Waals surface area contributed by atoms with E-state index in [0.717, 1.165) is 6.54 Å². The monoisotopic (exact) mass is 136 g/mol. The number of rotatable bonds is 3. The van der Waals surface area contributed by atoms with E-state index >= 15 is 0 Å². The Hall–Kier alpha value is -0.860. The van der Waals surface area contributed by atoms with Crippen LogP contribution in [0, 0.1) is 0 Å². The van der Waals surface area contributed by atoms with Crippen LogP contribution in [0.5, 0.6) is 0 Å². The minimum Gasteiger partial charge on any atom is -0.318 e. The predicted molar refractivity (Wildman–Crippen MR) is 42.3 cm³/mol. The molecule has 0 saturated carbocycles. The molecule has 0 aliphatic rings. The van der Waals surface area contributed by atoms with E-state index in [1.54, 1.807) is 0 Å². The van der Waals surface area contributed by atoms with Crippen LogP contribution < -0.4 is 11.1 Å². The summed E-state index contributed by atoms with van der Waals surface area (Å²) < 4.78 is 0. The van der Waals surface area contributed by atoms with Crippen LogP contribution in [0.25, 0.3) is 0 Å². The van der Waals surface area contributed by atoms with Crippen molar-refractivity contribution in [3.05, 3.63) is 35.9 Å². The molecule has 2 heteroatoms. The second kappa shape index (κ2) is 4.04. The highest BCUT2D eigenvalue weighted by Crippen LogP contribution is 1.95. The van der Waals surface area contributed by atoms with Crippen molar-refractivity contribution in [2.24, 2.45) is 5.73 Å². The van der Waals surface area contributed by atoms with Crippen molar-refractivity contribution in [1.82, 2.24) is 5.32 Å². The average molecular weight is 136 g/mol. The van der Waals surface area contributed by atoms with Gasteiger partial charge >= 0.3 is 0 Å². The smallest absolute Gasteiger partial charge is 0.0431 e. The third kappa shape index (κ3) is 2.17. The van der Waals surface area contributed by atoms with Crippen molar-refractivity contribution >= 4 is 0 Å². The van der Waals surface area contributed by atoms with Crippen LogP contribution in [0.3, 0.4) is 0 Å². The fourth-order valence-electron chi connectivity index (χ4n) is 0.812. The molecule has 0 unspecified atom stereocenters. The fourth-order valence-corrected chi connectivity index (χ4v) is 0.812. The Kier molecular flexibility index (Phi) is 2.93. The SMILES string of the molecule is NCNCc1ccccc1. The summed E-state index contributed by atoms with van der Waals surface area (Å²) in [6, 6.07) is 10.2. The molecule has 1 aromatic rings. The number of benzene rings is 1. The zero-order valence-electron chi connectivity index (χ0n) is 5.88. The van der Waals surface area contributed by atoms with E-state index in [1.807, 2.05) is 18.2 Å². The Morgan fingerprint density at radius 3 is 2.50 bits per heavy atom. The Labute approximate surface area is 61.1 Å². The van der Waals surface area contributed by atoms with Gasteiger partial charge in [-0.25, -0.2) is 0 Å². The van der Waals surface area contributed by atoms with Gasteiger partial charge in [0.2, 0.25) is 0 Å². The Balaban J connectivity index is 2.43. The zero-order valence-corrected chi connectivity index (χ0v) is 5.88. The summed E-state index contributed by atoms with van der Waals surface area (Å²) in [4.78, 5) is 0. The van der Waals surface area contributed by atoms with Crippen LogP contribution in [0.1, 0.15) is 5.56 Å².